The van der Waals surface area contributed by atoms with E-state index in [1.165, 1.54) is 0 Å². The first-order valence-corrected chi connectivity index (χ1v) is 8.49. The van der Waals surface area contributed by atoms with Crippen LogP contribution in [-0.2, 0) is 11.2 Å². The fourth-order valence-corrected chi connectivity index (χ4v) is 2.89. The number of hydrogen-bond donors (Lipinski definition) is 0. The van der Waals surface area contributed by atoms with Crippen LogP contribution in [0.2, 0.25) is 0 Å². The van der Waals surface area contributed by atoms with Crippen molar-refractivity contribution >= 4 is 11.4 Å². The maximum absolute atomic E-state index is 12.2. The molecule has 3 aromatic rings. The third-order valence-corrected chi connectivity index (χ3v) is 4.46. The van der Waals surface area contributed by atoms with Gasteiger partial charge in [0.05, 0.1) is 17.8 Å². The van der Waals surface area contributed by atoms with Gasteiger partial charge in [-0.3, -0.25) is 4.79 Å². The summed E-state index contributed by atoms with van der Waals surface area (Å²) in [6, 6.07) is 3.83. The summed E-state index contributed by atoms with van der Waals surface area (Å²) in [7, 11) is 0. The van der Waals surface area contributed by atoms with Gasteiger partial charge in [-0.15, -0.1) is 0 Å². The van der Waals surface area contributed by atoms with Gasteiger partial charge in [-0.05, 0) is 37.8 Å². The highest BCUT2D eigenvalue weighted by Gasteiger charge is 2.30. The lowest BCUT2D eigenvalue weighted by Gasteiger charge is -2.05. The molecule has 1 saturated carbocycles. The van der Waals surface area contributed by atoms with Crippen LogP contribution >= 0.6 is 0 Å². The Morgan fingerprint density at radius 1 is 1.29 bits per heavy atom. The predicted octanol–water partition coefficient (Wildman–Crippen LogP) is 3.94. The number of nitrogens with zero attached hydrogens (tertiary/aromatic N) is 3. The Morgan fingerprint density at radius 3 is 2.71 bits per heavy atom. The lowest BCUT2D eigenvalue weighted by Crippen LogP contribution is -2.08. The van der Waals surface area contributed by atoms with Crippen LogP contribution in [0.1, 0.15) is 49.8 Å². The fraction of sp³-hybridized carbons (Fsp3) is 0.421. The topological polar surface area (TPSA) is 60.4 Å². The van der Waals surface area contributed by atoms with Gasteiger partial charge in [0.2, 0.25) is 0 Å². The molecule has 0 unspecified atom stereocenters. The van der Waals surface area contributed by atoms with Crippen LogP contribution in [0.5, 0.6) is 0 Å². The molecule has 0 bridgehead atoms. The minimum absolute atomic E-state index is 0.241. The highest BCUT2D eigenvalue weighted by molar-refractivity contribution is 5.85. The van der Waals surface area contributed by atoms with Crippen LogP contribution < -0.4 is 0 Å². The van der Waals surface area contributed by atoms with Gasteiger partial charge >= 0.3 is 0 Å². The number of imidazole rings is 1. The summed E-state index contributed by atoms with van der Waals surface area (Å²) in [6.07, 6.45) is 6.37. The Morgan fingerprint density at radius 2 is 2.08 bits per heavy atom. The van der Waals surface area contributed by atoms with Crippen molar-refractivity contribution in [2.45, 2.75) is 46.0 Å². The van der Waals surface area contributed by atoms with Crippen molar-refractivity contribution in [3.63, 3.8) is 0 Å². The van der Waals surface area contributed by atoms with Gasteiger partial charge in [0.1, 0.15) is 17.2 Å². The largest absolute Gasteiger partial charge is 0.460 e. The summed E-state index contributed by atoms with van der Waals surface area (Å²) in [5, 5.41) is 0. The minimum atomic E-state index is 0.241. The quantitative estimate of drug-likeness (QED) is 0.713. The molecule has 0 saturated heterocycles. The molecule has 24 heavy (non-hydrogen) atoms. The highest BCUT2D eigenvalue weighted by Crippen LogP contribution is 2.31. The Balaban J connectivity index is 1.84. The van der Waals surface area contributed by atoms with E-state index in [9.17, 15) is 4.79 Å². The lowest BCUT2D eigenvalue weighted by molar-refractivity contribution is -0.119. The number of carbonyl (C=O) groups is 1. The smallest absolute Gasteiger partial charge is 0.167 e. The number of carbonyl (C=O) groups excluding carboxylic acids is 1. The van der Waals surface area contributed by atoms with Crippen molar-refractivity contribution < 1.29 is 9.21 Å². The molecule has 5 heteroatoms. The summed E-state index contributed by atoms with van der Waals surface area (Å²) >= 11 is 0. The first-order chi connectivity index (χ1) is 11.5. The van der Waals surface area contributed by atoms with Crippen molar-refractivity contribution in [2.24, 2.45) is 5.92 Å². The van der Waals surface area contributed by atoms with Gasteiger partial charge < -0.3 is 8.82 Å². The molecule has 124 valence electrons. The number of ketones is 1. The van der Waals surface area contributed by atoms with Crippen LogP contribution in [0.15, 0.2) is 28.9 Å². The average molecular weight is 323 g/mol. The second-order valence-corrected chi connectivity index (χ2v) is 6.96. The first-order valence-electron chi connectivity index (χ1n) is 8.49. The van der Waals surface area contributed by atoms with E-state index in [-0.39, 0.29) is 11.7 Å². The van der Waals surface area contributed by atoms with Crippen LogP contribution in [0.3, 0.4) is 0 Å². The molecule has 3 heterocycles. The molecule has 1 aliphatic carbocycles. The zero-order valence-corrected chi connectivity index (χ0v) is 14.2. The Bertz CT molecular complexity index is 916. The zero-order valence-electron chi connectivity index (χ0n) is 14.2. The summed E-state index contributed by atoms with van der Waals surface area (Å²) in [4.78, 5) is 21.6. The van der Waals surface area contributed by atoms with E-state index >= 15 is 0 Å². The first kappa shape index (κ1) is 15.1. The van der Waals surface area contributed by atoms with Crippen LogP contribution in [0.4, 0.5) is 0 Å². The van der Waals surface area contributed by atoms with E-state index in [0.29, 0.717) is 23.8 Å². The Hall–Kier alpha value is -2.43. The SMILES string of the molecule is Cc1ccc(-c2nc(CC(=O)C3CC3)cn3cc(C(C)C)nc23)o1. The number of furan rings is 1. The molecular formula is C19H21N3O2. The van der Waals surface area contributed by atoms with E-state index in [1.807, 2.05) is 35.9 Å². The summed E-state index contributed by atoms with van der Waals surface area (Å²) < 4.78 is 7.74. The number of Topliss-reactive ketones (excluding diaryl/α,β-unsaturated/α-hetero) is 1. The van der Waals surface area contributed by atoms with E-state index in [2.05, 4.69) is 13.8 Å². The maximum atomic E-state index is 12.2. The average Bonchev–Trinajstić information content (AvgIpc) is 3.16. The monoisotopic (exact) mass is 323 g/mol. The van der Waals surface area contributed by atoms with Gasteiger partial charge in [-0.1, -0.05) is 13.8 Å². The lowest BCUT2D eigenvalue weighted by atomic mass is 10.1. The molecule has 0 atom stereocenters. The van der Waals surface area contributed by atoms with Gasteiger partial charge in [0.15, 0.2) is 11.4 Å². The van der Waals surface area contributed by atoms with Gasteiger partial charge in [0, 0.05) is 18.3 Å². The molecular weight excluding hydrogens is 302 g/mol. The summed E-state index contributed by atoms with van der Waals surface area (Å²) in [5.74, 6) is 2.38. The van der Waals surface area contributed by atoms with E-state index in [4.69, 9.17) is 14.4 Å². The van der Waals surface area contributed by atoms with Crippen molar-refractivity contribution in [2.75, 3.05) is 0 Å². The van der Waals surface area contributed by atoms with Gasteiger partial charge in [0.25, 0.3) is 0 Å². The van der Waals surface area contributed by atoms with E-state index in [1.54, 1.807) is 0 Å². The highest BCUT2D eigenvalue weighted by atomic mass is 16.3. The second-order valence-electron chi connectivity index (χ2n) is 6.96. The molecule has 0 aromatic carbocycles. The standard InChI is InChI=1S/C19H21N3O2/c1-11(2)15-10-22-9-14(8-16(23)13-5-6-13)20-18(19(22)21-15)17-7-4-12(3)24-17/h4,7,9-11,13H,5-6,8H2,1-3H3. The minimum Gasteiger partial charge on any atom is -0.460 e. The number of aryl methyl sites for hydroxylation is 1. The molecule has 1 aliphatic rings. The fourth-order valence-electron chi connectivity index (χ4n) is 2.89. The van der Waals surface area contributed by atoms with E-state index in [0.717, 1.165) is 35.6 Å². The van der Waals surface area contributed by atoms with Crippen molar-refractivity contribution in [3.05, 3.63) is 41.7 Å². The second kappa shape index (κ2) is 5.58. The number of rotatable bonds is 5. The van der Waals surface area contributed by atoms with Crippen molar-refractivity contribution in [1.82, 2.24) is 14.4 Å². The van der Waals surface area contributed by atoms with Crippen LogP contribution in [-0.4, -0.2) is 20.2 Å². The Labute approximate surface area is 140 Å². The molecule has 0 aliphatic heterocycles. The molecule has 0 N–H and O–H groups in total. The molecule has 0 radical (unpaired) electrons. The predicted molar refractivity (Wildman–Crippen MR) is 91.0 cm³/mol. The van der Waals surface area contributed by atoms with Gasteiger partial charge in [-0.2, -0.15) is 0 Å². The number of fused-ring (bicyclic) bond motifs is 1. The molecule has 3 aromatic heterocycles. The van der Waals surface area contributed by atoms with Crippen LogP contribution in [0, 0.1) is 12.8 Å². The number of aromatic nitrogens is 3. The normalized spacial score (nSPS) is 14.7. The van der Waals surface area contributed by atoms with E-state index < -0.39 is 0 Å². The third-order valence-electron chi connectivity index (χ3n) is 4.46. The molecule has 4 rings (SSSR count). The number of hydrogen-bond acceptors (Lipinski definition) is 4. The zero-order chi connectivity index (χ0) is 16.8. The molecule has 0 amide bonds. The third kappa shape index (κ3) is 2.75. The van der Waals surface area contributed by atoms with Crippen molar-refractivity contribution in [3.8, 4) is 11.5 Å². The summed E-state index contributed by atoms with van der Waals surface area (Å²) in [6.45, 7) is 6.14. The molecule has 1 fully saturated rings. The molecule has 0 spiro atoms. The van der Waals surface area contributed by atoms with Crippen molar-refractivity contribution in [1.29, 1.82) is 0 Å². The Kier molecular flexibility index (Phi) is 3.52. The van der Waals surface area contributed by atoms with Gasteiger partial charge in [-0.25, -0.2) is 9.97 Å². The molecule has 5 nitrogen and oxygen atoms in total. The maximum Gasteiger partial charge on any atom is 0.167 e. The summed E-state index contributed by atoms with van der Waals surface area (Å²) in [5.41, 5.74) is 3.26. The van der Waals surface area contributed by atoms with Crippen LogP contribution in [0.25, 0.3) is 17.1 Å².